The first-order valence-electron chi connectivity index (χ1n) is 6.10. The zero-order valence-corrected chi connectivity index (χ0v) is 13.1. The van der Waals surface area contributed by atoms with E-state index in [0.717, 1.165) is 0 Å². The number of hydrogen-bond donors (Lipinski definition) is 1. The van der Waals surface area contributed by atoms with Crippen LogP contribution in [0, 0.1) is 0 Å². The van der Waals surface area contributed by atoms with Gasteiger partial charge in [-0.05, 0) is 24.6 Å². The molecule has 2 rings (SSSR count). The standard InChI is InChI=1S/C12H15ClN2O3S2/c13-11-8-9(2-3-10(11)12(14)19)20(16,17)15-4-1-6-18-7-5-15/h2-3,8H,1,4-7H2,(H2,14,19). The minimum Gasteiger partial charge on any atom is -0.389 e. The normalized spacial score (nSPS) is 17.6. The average Bonchev–Trinajstić information content (AvgIpc) is 2.67. The Balaban J connectivity index is 2.34. The van der Waals surface area contributed by atoms with Crippen molar-refractivity contribution < 1.29 is 13.2 Å². The molecule has 1 aliphatic heterocycles. The number of sulfonamides is 1. The largest absolute Gasteiger partial charge is 0.389 e. The van der Waals surface area contributed by atoms with Crippen molar-refractivity contribution in [2.75, 3.05) is 26.3 Å². The van der Waals surface area contributed by atoms with Crippen LogP contribution in [-0.2, 0) is 14.8 Å². The average molecular weight is 335 g/mol. The lowest BCUT2D eigenvalue weighted by atomic mass is 10.2. The van der Waals surface area contributed by atoms with Gasteiger partial charge in [-0.15, -0.1) is 0 Å². The van der Waals surface area contributed by atoms with Crippen LogP contribution in [-0.4, -0.2) is 44.0 Å². The van der Waals surface area contributed by atoms with Crippen molar-refractivity contribution in [3.63, 3.8) is 0 Å². The highest BCUT2D eigenvalue weighted by molar-refractivity contribution is 7.89. The summed E-state index contributed by atoms with van der Waals surface area (Å²) in [5, 5.41) is 0.240. The Morgan fingerprint density at radius 3 is 2.75 bits per heavy atom. The summed E-state index contributed by atoms with van der Waals surface area (Å²) in [5.41, 5.74) is 5.98. The van der Waals surface area contributed by atoms with Crippen molar-refractivity contribution in [1.82, 2.24) is 4.31 Å². The first-order chi connectivity index (χ1) is 9.43. The predicted molar refractivity (Wildman–Crippen MR) is 81.5 cm³/mol. The van der Waals surface area contributed by atoms with E-state index in [0.29, 0.717) is 38.3 Å². The van der Waals surface area contributed by atoms with E-state index < -0.39 is 10.0 Å². The monoisotopic (exact) mass is 334 g/mol. The van der Waals surface area contributed by atoms with E-state index in [-0.39, 0.29) is 14.9 Å². The highest BCUT2D eigenvalue weighted by atomic mass is 35.5. The highest BCUT2D eigenvalue weighted by Gasteiger charge is 2.26. The van der Waals surface area contributed by atoms with Gasteiger partial charge in [0.1, 0.15) is 4.99 Å². The molecule has 110 valence electrons. The molecule has 1 aromatic carbocycles. The van der Waals surface area contributed by atoms with E-state index in [9.17, 15) is 8.42 Å². The Hall–Kier alpha value is -0.730. The summed E-state index contributed by atoms with van der Waals surface area (Å²) in [4.78, 5) is 0.284. The summed E-state index contributed by atoms with van der Waals surface area (Å²) >= 11 is 10.9. The van der Waals surface area contributed by atoms with Crippen molar-refractivity contribution in [2.24, 2.45) is 5.73 Å². The van der Waals surface area contributed by atoms with Crippen LogP contribution in [0.4, 0.5) is 0 Å². The fourth-order valence-electron chi connectivity index (χ4n) is 1.97. The molecule has 20 heavy (non-hydrogen) atoms. The smallest absolute Gasteiger partial charge is 0.243 e. The minimum absolute atomic E-state index is 0.141. The molecule has 1 aromatic rings. The number of thiocarbonyl (C=S) groups is 1. The summed E-state index contributed by atoms with van der Waals surface area (Å²) in [6.45, 7) is 1.76. The molecule has 2 N–H and O–H groups in total. The Labute approximate surface area is 128 Å². The Kier molecular flexibility index (Phi) is 4.98. The molecular formula is C12H15ClN2O3S2. The second kappa shape index (κ2) is 6.36. The summed E-state index contributed by atoms with van der Waals surface area (Å²) in [6.07, 6.45) is 0.679. The van der Waals surface area contributed by atoms with Crippen LogP contribution in [0.25, 0.3) is 0 Å². The number of ether oxygens (including phenoxy) is 1. The molecule has 0 atom stereocenters. The van der Waals surface area contributed by atoms with E-state index in [1.54, 1.807) is 0 Å². The molecule has 5 nitrogen and oxygen atoms in total. The van der Waals surface area contributed by atoms with E-state index >= 15 is 0 Å². The van der Waals surface area contributed by atoms with E-state index in [1.165, 1.54) is 22.5 Å². The van der Waals surface area contributed by atoms with Crippen LogP contribution in [0.3, 0.4) is 0 Å². The van der Waals surface area contributed by atoms with Crippen LogP contribution < -0.4 is 5.73 Å². The van der Waals surface area contributed by atoms with Crippen molar-refractivity contribution in [1.29, 1.82) is 0 Å². The van der Waals surface area contributed by atoms with Gasteiger partial charge in [0.05, 0.1) is 16.5 Å². The zero-order chi connectivity index (χ0) is 14.8. The van der Waals surface area contributed by atoms with Gasteiger partial charge in [-0.1, -0.05) is 23.8 Å². The number of nitrogens with two attached hydrogens (primary N) is 1. The van der Waals surface area contributed by atoms with Crippen LogP contribution in [0.15, 0.2) is 23.1 Å². The van der Waals surface area contributed by atoms with Crippen molar-refractivity contribution in [3.05, 3.63) is 28.8 Å². The van der Waals surface area contributed by atoms with Gasteiger partial charge in [-0.3, -0.25) is 0 Å². The van der Waals surface area contributed by atoms with Crippen molar-refractivity contribution in [2.45, 2.75) is 11.3 Å². The molecule has 8 heteroatoms. The molecule has 1 aliphatic rings. The molecule has 0 unspecified atom stereocenters. The molecule has 1 heterocycles. The molecule has 1 fully saturated rings. The maximum absolute atomic E-state index is 12.5. The van der Waals surface area contributed by atoms with Gasteiger partial charge < -0.3 is 10.5 Å². The number of nitrogens with zero attached hydrogens (tertiary/aromatic N) is 1. The van der Waals surface area contributed by atoms with Crippen molar-refractivity contribution in [3.8, 4) is 0 Å². The molecule has 1 saturated heterocycles. The third-order valence-corrected chi connectivity index (χ3v) is 5.45. The first kappa shape index (κ1) is 15.7. The Bertz CT molecular complexity index is 611. The molecule has 0 aliphatic carbocycles. The minimum atomic E-state index is -3.57. The van der Waals surface area contributed by atoms with E-state index in [4.69, 9.17) is 34.3 Å². The van der Waals surface area contributed by atoms with Crippen LogP contribution in [0.1, 0.15) is 12.0 Å². The van der Waals surface area contributed by atoms with Crippen LogP contribution in [0.5, 0.6) is 0 Å². The maximum Gasteiger partial charge on any atom is 0.243 e. The lowest BCUT2D eigenvalue weighted by Gasteiger charge is -2.19. The lowest BCUT2D eigenvalue weighted by molar-refractivity contribution is 0.148. The third-order valence-electron chi connectivity index (χ3n) is 3.03. The molecule has 0 bridgehead atoms. The second-order valence-electron chi connectivity index (χ2n) is 4.38. The summed E-state index contributed by atoms with van der Waals surface area (Å²) < 4.78 is 31.7. The number of rotatable bonds is 3. The summed E-state index contributed by atoms with van der Waals surface area (Å²) in [5.74, 6) is 0. The zero-order valence-electron chi connectivity index (χ0n) is 10.7. The first-order valence-corrected chi connectivity index (χ1v) is 8.33. The number of halogens is 1. The maximum atomic E-state index is 12.5. The van der Waals surface area contributed by atoms with Gasteiger partial charge in [0.2, 0.25) is 10.0 Å². The highest BCUT2D eigenvalue weighted by Crippen LogP contribution is 2.24. The van der Waals surface area contributed by atoms with E-state index in [2.05, 4.69) is 0 Å². The molecule has 0 spiro atoms. The molecule has 0 radical (unpaired) electrons. The van der Waals surface area contributed by atoms with Gasteiger partial charge in [0, 0.05) is 25.3 Å². The number of benzene rings is 1. The van der Waals surface area contributed by atoms with Gasteiger partial charge in [-0.2, -0.15) is 4.31 Å². The SMILES string of the molecule is NC(=S)c1ccc(S(=O)(=O)N2CCCOCC2)cc1Cl. The van der Waals surface area contributed by atoms with E-state index in [1.807, 2.05) is 0 Å². The fraction of sp³-hybridized carbons (Fsp3) is 0.417. The topological polar surface area (TPSA) is 72.6 Å². The van der Waals surface area contributed by atoms with Gasteiger partial charge >= 0.3 is 0 Å². The third kappa shape index (κ3) is 3.29. The summed E-state index contributed by atoms with van der Waals surface area (Å²) in [7, 11) is -3.57. The number of hydrogen-bond acceptors (Lipinski definition) is 4. The molecule has 0 amide bonds. The molecule has 0 aromatic heterocycles. The van der Waals surface area contributed by atoms with Crippen LogP contribution in [0.2, 0.25) is 5.02 Å². The van der Waals surface area contributed by atoms with Crippen molar-refractivity contribution >= 4 is 38.8 Å². The Morgan fingerprint density at radius 1 is 1.35 bits per heavy atom. The summed E-state index contributed by atoms with van der Waals surface area (Å²) in [6, 6.07) is 4.39. The Morgan fingerprint density at radius 2 is 2.10 bits per heavy atom. The van der Waals surface area contributed by atoms with Crippen LogP contribution >= 0.6 is 23.8 Å². The lowest BCUT2D eigenvalue weighted by Crippen LogP contribution is -2.33. The predicted octanol–water partition coefficient (Wildman–Crippen LogP) is 1.39. The molecular weight excluding hydrogens is 320 g/mol. The second-order valence-corrected chi connectivity index (χ2v) is 7.16. The van der Waals surface area contributed by atoms with Gasteiger partial charge in [0.15, 0.2) is 0 Å². The fourth-order valence-corrected chi connectivity index (χ4v) is 4.04. The quantitative estimate of drug-likeness (QED) is 0.846. The molecule has 0 saturated carbocycles. The van der Waals surface area contributed by atoms with Gasteiger partial charge in [0.25, 0.3) is 0 Å². The van der Waals surface area contributed by atoms with Gasteiger partial charge in [-0.25, -0.2) is 8.42 Å².